The summed E-state index contributed by atoms with van der Waals surface area (Å²) in [7, 11) is 1.62. The third-order valence-electron chi connectivity index (χ3n) is 3.39. The molecule has 5 heteroatoms. The van der Waals surface area contributed by atoms with Gasteiger partial charge in [-0.3, -0.25) is 4.79 Å². The monoisotopic (exact) mass is 249 g/mol. The van der Waals surface area contributed by atoms with Crippen LogP contribution in [-0.4, -0.2) is 47.6 Å². The highest BCUT2D eigenvalue weighted by Crippen LogP contribution is 2.26. The number of aromatic nitrogens is 2. The fourth-order valence-electron chi connectivity index (χ4n) is 2.31. The van der Waals surface area contributed by atoms with Gasteiger partial charge >= 0.3 is 0 Å². The van der Waals surface area contributed by atoms with Crippen LogP contribution < -0.4 is 0 Å². The van der Waals surface area contributed by atoms with Gasteiger partial charge in [0, 0.05) is 38.0 Å². The zero-order valence-electron chi connectivity index (χ0n) is 10.7. The van der Waals surface area contributed by atoms with Gasteiger partial charge in [0.05, 0.1) is 13.0 Å². The van der Waals surface area contributed by atoms with E-state index in [1.165, 1.54) is 0 Å². The summed E-state index contributed by atoms with van der Waals surface area (Å²) < 4.78 is 4.93. The molecule has 18 heavy (non-hydrogen) atoms. The summed E-state index contributed by atoms with van der Waals surface area (Å²) in [6.07, 6.45) is 5.81. The summed E-state index contributed by atoms with van der Waals surface area (Å²) in [5.41, 5.74) is 1.09. The van der Waals surface area contributed by atoms with Crippen molar-refractivity contribution in [2.24, 2.45) is 0 Å². The molecule has 1 amide bonds. The van der Waals surface area contributed by atoms with E-state index in [4.69, 9.17) is 4.74 Å². The molecule has 1 aromatic rings. The smallest absolute Gasteiger partial charge is 0.224 e. The Bertz CT molecular complexity index is 375. The van der Waals surface area contributed by atoms with Gasteiger partial charge in [-0.25, -0.2) is 9.97 Å². The Morgan fingerprint density at radius 2 is 2.28 bits per heavy atom. The van der Waals surface area contributed by atoms with Crippen molar-refractivity contribution in [1.29, 1.82) is 0 Å². The fourth-order valence-corrected chi connectivity index (χ4v) is 2.31. The topological polar surface area (TPSA) is 55.3 Å². The molecule has 0 radical (unpaired) electrons. The first kappa shape index (κ1) is 13.0. The second kappa shape index (κ2) is 6.44. The minimum atomic E-state index is 0.193. The molecule has 0 aliphatic carbocycles. The van der Waals surface area contributed by atoms with Crippen molar-refractivity contribution in [3.63, 3.8) is 0 Å². The van der Waals surface area contributed by atoms with Crippen LogP contribution in [0.1, 0.15) is 30.9 Å². The normalized spacial score (nSPS) is 16.8. The summed E-state index contributed by atoms with van der Waals surface area (Å²) >= 11 is 0. The maximum Gasteiger partial charge on any atom is 0.224 e. The van der Waals surface area contributed by atoms with Gasteiger partial charge in [0.15, 0.2) is 0 Å². The van der Waals surface area contributed by atoms with Gasteiger partial charge in [-0.05, 0) is 18.9 Å². The highest BCUT2D eigenvalue weighted by Gasteiger charge is 2.24. The van der Waals surface area contributed by atoms with Gasteiger partial charge in [0.25, 0.3) is 0 Å². The van der Waals surface area contributed by atoms with E-state index in [-0.39, 0.29) is 5.91 Å². The van der Waals surface area contributed by atoms with E-state index in [1.54, 1.807) is 19.6 Å². The maximum atomic E-state index is 11.8. The zero-order chi connectivity index (χ0) is 12.8. The van der Waals surface area contributed by atoms with Gasteiger partial charge in [-0.2, -0.15) is 0 Å². The molecular weight excluding hydrogens is 230 g/mol. The van der Waals surface area contributed by atoms with Gasteiger partial charge < -0.3 is 9.64 Å². The number of methoxy groups -OCH3 is 1. The van der Waals surface area contributed by atoms with Crippen LogP contribution in [-0.2, 0) is 9.53 Å². The molecule has 0 bridgehead atoms. The van der Waals surface area contributed by atoms with Gasteiger partial charge in [-0.15, -0.1) is 0 Å². The molecule has 1 saturated heterocycles. The summed E-state index contributed by atoms with van der Waals surface area (Å²) in [6.45, 7) is 2.14. The van der Waals surface area contributed by atoms with Gasteiger partial charge in [-0.1, -0.05) is 0 Å². The van der Waals surface area contributed by atoms with Crippen molar-refractivity contribution in [2.75, 3.05) is 26.8 Å². The second-order valence-corrected chi connectivity index (χ2v) is 4.53. The van der Waals surface area contributed by atoms with Crippen molar-refractivity contribution in [1.82, 2.24) is 14.9 Å². The summed E-state index contributed by atoms with van der Waals surface area (Å²) in [5.74, 6) is 0.650. The van der Waals surface area contributed by atoms with Crippen LogP contribution in [0.2, 0.25) is 0 Å². The molecule has 98 valence electrons. The summed E-state index contributed by atoms with van der Waals surface area (Å²) in [4.78, 5) is 22.0. The zero-order valence-corrected chi connectivity index (χ0v) is 10.7. The number of nitrogens with zero attached hydrogens (tertiary/aromatic N) is 3. The number of piperidine rings is 1. The van der Waals surface area contributed by atoms with Crippen molar-refractivity contribution < 1.29 is 9.53 Å². The Labute approximate surface area is 107 Å². The Balaban J connectivity index is 1.83. The standard InChI is InChI=1S/C13H19N3O2/c1-18-9-5-13(17)16-7-3-11(4-8-16)12-2-6-14-10-15-12/h2,6,10-11H,3-5,7-9H2,1H3. The lowest BCUT2D eigenvalue weighted by Gasteiger charge is -2.31. The third-order valence-corrected chi connectivity index (χ3v) is 3.39. The van der Waals surface area contributed by atoms with Crippen molar-refractivity contribution >= 4 is 5.91 Å². The van der Waals surface area contributed by atoms with E-state index < -0.39 is 0 Å². The van der Waals surface area contributed by atoms with Crippen LogP contribution >= 0.6 is 0 Å². The number of rotatable bonds is 4. The molecule has 1 aliphatic rings. The molecule has 2 rings (SSSR count). The average molecular weight is 249 g/mol. The molecule has 0 unspecified atom stereocenters. The molecule has 1 fully saturated rings. The first-order chi connectivity index (χ1) is 8.81. The Morgan fingerprint density at radius 3 is 2.89 bits per heavy atom. The molecule has 0 N–H and O–H groups in total. The molecule has 1 aliphatic heterocycles. The van der Waals surface area contributed by atoms with E-state index in [0.717, 1.165) is 31.6 Å². The largest absolute Gasteiger partial charge is 0.384 e. The summed E-state index contributed by atoms with van der Waals surface area (Å²) in [6, 6.07) is 1.97. The van der Waals surface area contributed by atoms with Crippen LogP contribution in [0.5, 0.6) is 0 Å². The van der Waals surface area contributed by atoms with E-state index in [0.29, 0.717) is 18.9 Å². The van der Waals surface area contributed by atoms with Crippen molar-refractivity contribution in [3.05, 3.63) is 24.3 Å². The minimum Gasteiger partial charge on any atom is -0.384 e. The number of carbonyl (C=O) groups excluding carboxylic acids is 1. The van der Waals surface area contributed by atoms with Gasteiger partial charge in [0.1, 0.15) is 6.33 Å². The minimum absolute atomic E-state index is 0.193. The quantitative estimate of drug-likeness (QED) is 0.805. The number of hydrogen-bond donors (Lipinski definition) is 0. The Kier molecular flexibility index (Phi) is 4.64. The predicted molar refractivity (Wildman–Crippen MR) is 67.1 cm³/mol. The molecule has 0 saturated carbocycles. The Morgan fingerprint density at radius 1 is 1.50 bits per heavy atom. The van der Waals surface area contributed by atoms with Crippen molar-refractivity contribution in [2.45, 2.75) is 25.2 Å². The van der Waals surface area contributed by atoms with Crippen molar-refractivity contribution in [3.8, 4) is 0 Å². The SMILES string of the molecule is COCCC(=O)N1CCC(c2ccncn2)CC1. The van der Waals surface area contributed by atoms with E-state index in [9.17, 15) is 4.79 Å². The Hall–Kier alpha value is -1.49. The van der Waals surface area contributed by atoms with E-state index >= 15 is 0 Å². The van der Waals surface area contributed by atoms with E-state index in [1.807, 2.05) is 11.0 Å². The highest BCUT2D eigenvalue weighted by molar-refractivity contribution is 5.76. The highest BCUT2D eigenvalue weighted by atomic mass is 16.5. The molecular formula is C13H19N3O2. The van der Waals surface area contributed by atoms with Crippen LogP contribution in [0, 0.1) is 0 Å². The molecule has 2 heterocycles. The third kappa shape index (κ3) is 3.26. The van der Waals surface area contributed by atoms with Gasteiger partial charge in [0.2, 0.25) is 5.91 Å². The lowest BCUT2D eigenvalue weighted by molar-refractivity contribution is -0.133. The lowest BCUT2D eigenvalue weighted by atomic mass is 9.93. The number of amides is 1. The van der Waals surface area contributed by atoms with Crippen LogP contribution in [0.15, 0.2) is 18.6 Å². The number of likely N-dealkylation sites (tertiary alicyclic amines) is 1. The molecule has 5 nitrogen and oxygen atoms in total. The second-order valence-electron chi connectivity index (χ2n) is 4.53. The first-order valence-corrected chi connectivity index (χ1v) is 6.34. The van der Waals surface area contributed by atoms with Crippen LogP contribution in [0.3, 0.4) is 0 Å². The molecule has 0 atom stereocenters. The van der Waals surface area contributed by atoms with E-state index in [2.05, 4.69) is 9.97 Å². The first-order valence-electron chi connectivity index (χ1n) is 6.34. The number of carbonyl (C=O) groups is 1. The summed E-state index contributed by atoms with van der Waals surface area (Å²) in [5, 5.41) is 0. The molecule has 1 aromatic heterocycles. The predicted octanol–water partition coefficient (Wildman–Crippen LogP) is 1.22. The number of hydrogen-bond acceptors (Lipinski definition) is 4. The lowest BCUT2D eigenvalue weighted by Crippen LogP contribution is -2.38. The molecule has 0 aromatic carbocycles. The fraction of sp³-hybridized carbons (Fsp3) is 0.615. The number of ether oxygens (including phenoxy) is 1. The average Bonchev–Trinajstić information content (AvgIpc) is 2.46. The molecule has 0 spiro atoms. The van der Waals surface area contributed by atoms with Crippen LogP contribution in [0.4, 0.5) is 0 Å². The van der Waals surface area contributed by atoms with Crippen LogP contribution in [0.25, 0.3) is 0 Å². The maximum absolute atomic E-state index is 11.8.